The number of aromatic nitrogens is 2. The molecular weight excluding hydrogens is 396 g/mol. The third kappa shape index (κ3) is 3.21. The van der Waals surface area contributed by atoms with Gasteiger partial charge in [0.15, 0.2) is 0 Å². The number of hydrogen-bond donors (Lipinski definition) is 0. The molecule has 0 N–H and O–H groups in total. The molecule has 152 valence electrons. The molecule has 0 radical (unpaired) electrons. The molecule has 1 fully saturated rings. The Morgan fingerprint density at radius 2 is 1.77 bits per heavy atom. The van der Waals surface area contributed by atoms with Gasteiger partial charge in [0.25, 0.3) is 5.91 Å². The minimum atomic E-state index is 0.0707. The lowest BCUT2D eigenvalue weighted by Crippen LogP contribution is -2.48. The van der Waals surface area contributed by atoms with Gasteiger partial charge in [0, 0.05) is 50.2 Å². The van der Waals surface area contributed by atoms with E-state index in [1.807, 2.05) is 64.3 Å². The van der Waals surface area contributed by atoms with Crippen LogP contribution in [0.2, 0.25) is 0 Å². The van der Waals surface area contributed by atoms with Crippen LogP contribution in [0.15, 0.2) is 67.1 Å². The molecule has 0 bridgehead atoms. The fraction of sp³-hybridized carbons (Fsp3) is 0.217. The number of nitrogens with zero attached hydrogens (tertiary/aromatic N) is 4. The summed E-state index contributed by atoms with van der Waals surface area (Å²) in [5, 5.41) is 1.01. The monoisotopic (exact) mass is 418 g/mol. The third-order valence-electron chi connectivity index (χ3n) is 5.49. The Hall–Kier alpha value is -3.32. The minimum Gasteiger partial charge on any atom is -0.495 e. The van der Waals surface area contributed by atoms with Crippen LogP contribution in [0.5, 0.6) is 5.75 Å². The molecule has 1 saturated heterocycles. The largest absolute Gasteiger partial charge is 0.495 e. The first-order chi connectivity index (χ1) is 14.8. The molecule has 1 amide bonds. The quantitative estimate of drug-likeness (QED) is 0.502. The van der Waals surface area contributed by atoms with Gasteiger partial charge in [0.2, 0.25) is 0 Å². The van der Waals surface area contributed by atoms with E-state index in [1.54, 1.807) is 13.3 Å². The van der Waals surface area contributed by atoms with E-state index >= 15 is 0 Å². The lowest BCUT2D eigenvalue weighted by molar-refractivity contribution is 0.0751. The van der Waals surface area contributed by atoms with E-state index in [9.17, 15) is 4.79 Å². The topological polar surface area (TPSA) is 50.6 Å². The molecule has 1 aliphatic heterocycles. The van der Waals surface area contributed by atoms with Gasteiger partial charge in [-0.25, -0.2) is 4.98 Å². The number of ether oxygens (including phenoxy) is 1. The number of benzene rings is 1. The molecule has 0 aliphatic carbocycles. The maximum absolute atomic E-state index is 13.5. The fourth-order valence-electron chi connectivity index (χ4n) is 3.99. The molecule has 5 rings (SSSR count). The molecule has 1 aliphatic rings. The summed E-state index contributed by atoms with van der Waals surface area (Å²) >= 11 is 1.47. The van der Waals surface area contributed by atoms with Gasteiger partial charge in [-0.05, 0) is 36.4 Å². The average Bonchev–Trinajstić information content (AvgIpc) is 3.46. The highest BCUT2D eigenvalue weighted by atomic mass is 32.1. The number of carbonyl (C=O) groups is 1. The normalized spacial score (nSPS) is 14.3. The molecule has 4 aromatic rings. The van der Waals surface area contributed by atoms with Gasteiger partial charge in [-0.2, -0.15) is 0 Å². The highest BCUT2D eigenvalue weighted by molar-refractivity contribution is 7.21. The predicted octanol–water partition coefficient (Wildman–Crippen LogP) is 4.06. The van der Waals surface area contributed by atoms with Gasteiger partial charge in [0.05, 0.1) is 18.5 Å². The zero-order valence-electron chi connectivity index (χ0n) is 16.7. The van der Waals surface area contributed by atoms with Gasteiger partial charge >= 0.3 is 0 Å². The number of pyridine rings is 1. The SMILES string of the molecule is COc1ccccc1N1CCN(C(=O)c2sc3ncccc3c2-n2cccc2)CC1. The first-order valence-corrected chi connectivity index (χ1v) is 10.8. The molecule has 0 atom stereocenters. The van der Waals surface area contributed by atoms with Crippen LogP contribution in [0, 0.1) is 0 Å². The number of rotatable bonds is 4. The molecule has 6 nitrogen and oxygen atoms in total. The van der Waals surface area contributed by atoms with Crippen molar-refractivity contribution in [2.45, 2.75) is 0 Å². The molecule has 4 heterocycles. The Labute approximate surface area is 178 Å². The van der Waals surface area contributed by atoms with Crippen LogP contribution < -0.4 is 9.64 Å². The lowest BCUT2D eigenvalue weighted by Gasteiger charge is -2.36. The standard InChI is InChI=1S/C23H22N4O2S/c1-29-19-9-3-2-8-18(19)25-13-15-27(16-14-25)23(28)21-20(26-11-4-5-12-26)17-7-6-10-24-22(17)30-21/h2-12H,13-16H2,1H3. The van der Waals surface area contributed by atoms with Crippen molar-refractivity contribution < 1.29 is 9.53 Å². The zero-order valence-corrected chi connectivity index (χ0v) is 17.5. The molecule has 7 heteroatoms. The van der Waals surface area contributed by atoms with E-state index < -0.39 is 0 Å². The second-order valence-corrected chi connectivity index (χ2v) is 8.18. The summed E-state index contributed by atoms with van der Waals surface area (Å²) in [5.74, 6) is 0.934. The highest BCUT2D eigenvalue weighted by Gasteiger charge is 2.28. The van der Waals surface area contributed by atoms with Crippen LogP contribution in [-0.2, 0) is 0 Å². The van der Waals surface area contributed by atoms with Crippen molar-refractivity contribution >= 4 is 33.1 Å². The molecule has 0 unspecified atom stereocenters. The summed E-state index contributed by atoms with van der Waals surface area (Å²) in [6, 6.07) is 15.9. The van der Waals surface area contributed by atoms with Crippen LogP contribution in [0.1, 0.15) is 9.67 Å². The second-order valence-electron chi connectivity index (χ2n) is 7.18. The fourth-order valence-corrected chi connectivity index (χ4v) is 5.10. The number of methoxy groups -OCH3 is 1. The highest BCUT2D eigenvalue weighted by Crippen LogP contribution is 2.34. The summed E-state index contributed by atoms with van der Waals surface area (Å²) < 4.78 is 7.52. The average molecular weight is 419 g/mol. The third-order valence-corrected chi connectivity index (χ3v) is 6.58. The van der Waals surface area contributed by atoms with Gasteiger partial charge in [-0.1, -0.05) is 12.1 Å². The van der Waals surface area contributed by atoms with E-state index in [0.29, 0.717) is 13.1 Å². The summed E-state index contributed by atoms with van der Waals surface area (Å²) in [6.07, 6.45) is 5.73. The maximum atomic E-state index is 13.5. The van der Waals surface area contributed by atoms with Gasteiger partial charge in [-0.15, -0.1) is 11.3 Å². The number of hydrogen-bond acceptors (Lipinski definition) is 5. The van der Waals surface area contributed by atoms with E-state index in [1.165, 1.54) is 11.3 Å². The zero-order chi connectivity index (χ0) is 20.5. The number of thiophene rings is 1. The van der Waals surface area contributed by atoms with Crippen molar-refractivity contribution in [3.05, 3.63) is 72.0 Å². The number of fused-ring (bicyclic) bond motifs is 1. The Morgan fingerprint density at radius 1 is 1.00 bits per heavy atom. The van der Waals surface area contributed by atoms with Crippen molar-refractivity contribution in [3.63, 3.8) is 0 Å². The summed E-state index contributed by atoms with van der Waals surface area (Å²) in [4.78, 5) is 23.8. The van der Waals surface area contributed by atoms with E-state index in [4.69, 9.17) is 4.74 Å². The van der Waals surface area contributed by atoms with Crippen molar-refractivity contribution in [2.24, 2.45) is 0 Å². The smallest absolute Gasteiger partial charge is 0.266 e. The number of carbonyl (C=O) groups excluding carboxylic acids is 1. The van der Waals surface area contributed by atoms with Crippen molar-refractivity contribution in [2.75, 3.05) is 38.2 Å². The van der Waals surface area contributed by atoms with Crippen molar-refractivity contribution in [1.82, 2.24) is 14.5 Å². The molecular formula is C23H22N4O2S. The molecule has 30 heavy (non-hydrogen) atoms. The van der Waals surface area contributed by atoms with Gasteiger partial charge < -0.3 is 19.1 Å². The van der Waals surface area contributed by atoms with Gasteiger partial charge in [0.1, 0.15) is 15.5 Å². The first-order valence-electron chi connectivity index (χ1n) is 9.94. The Balaban J connectivity index is 1.42. The summed E-state index contributed by atoms with van der Waals surface area (Å²) in [5.41, 5.74) is 2.00. The Bertz CT molecular complexity index is 1180. The van der Waals surface area contributed by atoms with Crippen molar-refractivity contribution in [3.8, 4) is 11.4 Å². The van der Waals surface area contributed by atoms with Crippen LogP contribution in [0.25, 0.3) is 15.9 Å². The van der Waals surface area contributed by atoms with Crippen molar-refractivity contribution in [1.29, 1.82) is 0 Å². The first kappa shape index (κ1) is 18.7. The van der Waals surface area contributed by atoms with E-state index in [-0.39, 0.29) is 5.91 Å². The number of piperazine rings is 1. The second kappa shape index (κ2) is 7.84. The molecule has 0 spiro atoms. The lowest BCUT2D eigenvalue weighted by atomic mass is 10.2. The van der Waals surface area contributed by atoms with E-state index in [2.05, 4.69) is 16.0 Å². The number of amides is 1. The van der Waals surface area contributed by atoms with Gasteiger partial charge in [-0.3, -0.25) is 4.79 Å². The van der Waals surface area contributed by atoms with Crippen LogP contribution >= 0.6 is 11.3 Å². The Morgan fingerprint density at radius 3 is 2.53 bits per heavy atom. The number of anilines is 1. The summed E-state index contributed by atoms with van der Waals surface area (Å²) in [7, 11) is 1.69. The molecule has 0 saturated carbocycles. The number of para-hydroxylation sites is 2. The maximum Gasteiger partial charge on any atom is 0.266 e. The predicted molar refractivity (Wildman–Crippen MR) is 120 cm³/mol. The molecule has 3 aromatic heterocycles. The minimum absolute atomic E-state index is 0.0707. The van der Waals surface area contributed by atoms with Crippen LogP contribution in [0.3, 0.4) is 0 Å². The van der Waals surface area contributed by atoms with Crippen LogP contribution in [0.4, 0.5) is 5.69 Å². The molecule has 1 aromatic carbocycles. The van der Waals surface area contributed by atoms with E-state index in [0.717, 1.165) is 45.3 Å². The summed E-state index contributed by atoms with van der Waals surface area (Å²) in [6.45, 7) is 2.88. The Kier molecular flexibility index (Phi) is 4.88. The van der Waals surface area contributed by atoms with Crippen LogP contribution in [-0.4, -0.2) is 53.6 Å².